The number of thiocarbonyl (C=S) groups is 1. The van der Waals surface area contributed by atoms with Crippen LogP contribution in [0.3, 0.4) is 0 Å². The number of thioether (sulfide) groups is 1. The predicted molar refractivity (Wildman–Crippen MR) is 81.1 cm³/mol. The van der Waals surface area contributed by atoms with Crippen LogP contribution in [0.5, 0.6) is 0 Å². The number of amides is 1. The molecule has 18 heavy (non-hydrogen) atoms. The Kier molecular flexibility index (Phi) is 3.92. The molecule has 1 aromatic rings. The fraction of sp³-hybridized carbons (Fsp3) is 0.385. The lowest BCUT2D eigenvalue weighted by atomic mass is 10.0. The number of nitrogens with two attached hydrogens (primary N) is 1. The first-order valence-corrected chi connectivity index (χ1v) is 7.26. The Balaban J connectivity index is 2.19. The average Bonchev–Trinajstić information content (AvgIpc) is 2.78. The van der Waals surface area contributed by atoms with Gasteiger partial charge in [-0.1, -0.05) is 24.4 Å². The molecule has 2 rings (SSSR count). The van der Waals surface area contributed by atoms with E-state index in [4.69, 9.17) is 18.0 Å². The smallest absolute Gasteiger partial charge is 0.240 e. The zero-order chi connectivity index (χ0) is 13.2. The summed E-state index contributed by atoms with van der Waals surface area (Å²) in [5.74, 6) is 1.08. The predicted octanol–water partition coefficient (Wildman–Crippen LogP) is 2.55. The molecule has 1 heterocycles. The van der Waals surface area contributed by atoms with Gasteiger partial charge < -0.3 is 11.1 Å². The minimum atomic E-state index is -0.330. The van der Waals surface area contributed by atoms with Crippen LogP contribution in [0.25, 0.3) is 0 Å². The van der Waals surface area contributed by atoms with Crippen LogP contribution in [0.15, 0.2) is 24.3 Å². The molecule has 3 N–H and O–H groups in total. The van der Waals surface area contributed by atoms with Gasteiger partial charge in [-0.15, -0.1) is 11.8 Å². The van der Waals surface area contributed by atoms with Crippen molar-refractivity contribution in [1.29, 1.82) is 0 Å². The topological polar surface area (TPSA) is 55.1 Å². The molecule has 3 nitrogen and oxygen atoms in total. The lowest BCUT2D eigenvalue weighted by Gasteiger charge is -2.22. The number of carbonyl (C=O) groups excluding carboxylic acids is 1. The quantitative estimate of drug-likeness (QED) is 0.836. The van der Waals surface area contributed by atoms with Crippen LogP contribution in [0.4, 0.5) is 5.69 Å². The molecule has 1 aliphatic heterocycles. The summed E-state index contributed by atoms with van der Waals surface area (Å²) in [6, 6.07) is 7.37. The van der Waals surface area contributed by atoms with Crippen LogP contribution >= 0.6 is 24.0 Å². The van der Waals surface area contributed by atoms with Crippen molar-refractivity contribution in [2.45, 2.75) is 24.5 Å². The van der Waals surface area contributed by atoms with Crippen molar-refractivity contribution >= 4 is 40.6 Å². The van der Waals surface area contributed by atoms with Gasteiger partial charge >= 0.3 is 0 Å². The molecule has 1 aliphatic rings. The number of para-hydroxylation sites is 1. The second-order valence-corrected chi connectivity index (χ2v) is 6.58. The molecule has 0 bridgehead atoms. The van der Waals surface area contributed by atoms with Gasteiger partial charge in [0.2, 0.25) is 5.91 Å². The van der Waals surface area contributed by atoms with Gasteiger partial charge in [0.05, 0.1) is 10.4 Å². The second-order valence-electron chi connectivity index (χ2n) is 4.55. The summed E-state index contributed by atoms with van der Waals surface area (Å²) in [6.07, 6.45) is 2.00. The third-order valence-corrected chi connectivity index (χ3v) is 4.88. The van der Waals surface area contributed by atoms with Crippen LogP contribution in [0, 0.1) is 0 Å². The number of carbonyl (C=O) groups is 1. The monoisotopic (exact) mass is 280 g/mol. The number of rotatable bonds is 3. The van der Waals surface area contributed by atoms with E-state index in [9.17, 15) is 4.79 Å². The highest BCUT2D eigenvalue weighted by atomic mass is 32.2. The largest absolute Gasteiger partial charge is 0.389 e. The van der Waals surface area contributed by atoms with E-state index in [2.05, 4.69) is 5.32 Å². The van der Waals surface area contributed by atoms with E-state index in [-0.39, 0.29) is 10.7 Å². The van der Waals surface area contributed by atoms with E-state index in [1.807, 2.05) is 31.2 Å². The van der Waals surface area contributed by atoms with Crippen LogP contribution in [0.1, 0.15) is 25.3 Å². The summed E-state index contributed by atoms with van der Waals surface area (Å²) < 4.78 is -0.330. The minimum absolute atomic E-state index is 0.0358. The molecule has 1 aromatic carbocycles. The first-order valence-electron chi connectivity index (χ1n) is 5.87. The average molecular weight is 280 g/mol. The van der Waals surface area contributed by atoms with E-state index in [1.54, 1.807) is 11.8 Å². The number of nitrogens with one attached hydrogen (secondary N) is 1. The molecule has 0 aromatic heterocycles. The molecule has 0 spiro atoms. The van der Waals surface area contributed by atoms with Gasteiger partial charge in [-0.05, 0) is 37.7 Å². The van der Waals surface area contributed by atoms with Crippen molar-refractivity contribution in [3.05, 3.63) is 29.8 Å². The van der Waals surface area contributed by atoms with Gasteiger partial charge in [-0.25, -0.2) is 0 Å². The Morgan fingerprint density at radius 2 is 2.22 bits per heavy atom. The first-order chi connectivity index (χ1) is 8.53. The highest BCUT2D eigenvalue weighted by molar-refractivity contribution is 8.01. The summed E-state index contributed by atoms with van der Waals surface area (Å²) in [6.45, 7) is 1.99. The molecule has 1 unspecified atom stereocenters. The third-order valence-electron chi connectivity index (χ3n) is 3.14. The zero-order valence-corrected chi connectivity index (χ0v) is 11.9. The molecule has 1 atom stereocenters. The molecule has 1 saturated heterocycles. The SMILES string of the molecule is CC1(C(=O)Nc2ccccc2C(N)=S)CCCS1. The Labute approximate surface area is 117 Å². The molecular weight excluding hydrogens is 264 g/mol. The maximum absolute atomic E-state index is 12.3. The molecule has 0 saturated carbocycles. The Bertz CT molecular complexity index is 482. The first kappa shape index (κ1) is 13.4. The van der Waals surface area contributed by atoms with Crippen molar-refractivity contribution in [2.75, 3.05) is 11.1 Å². The van der Waals surface area contributed by atoms with Crippen molar-refractivity contribution in [2.24, 2.45) is 5.73 Å². The number of anilines is 1. The zero-order valence-electron chi connectivity index (χ0n) is 10.2. The van der Waals surface area contributed by atoms with Crippen molar-refractivity contribution in [3.63, 3.8) is 0 Å². The Morgan fingerprint density at radius 3 is 2.83 bits per heavy atom. The van der Waals surface area contributed by atoms with E-state index in [0.717, 1.165) is 18.6 Å². The molecular formula is C13H16N2OS2. The summed E-state index contributed by atoms with van der Waals surface area (Å²) in [5, 5.41) is 2.95. The maximum Gasteiger partial charge on any atom is 0.240 e. The van der Waals surface area contributed by atoms with Gasteiger partial charge in [-0.3, -0.25) is 4.79 Å². The second kappa shape index (κ2) is 5.28. The highest BCUT2D eigenvalue weighted by Gasteiger charge is 2.37. The van der Waals surface area contributed by atoms with Gasteiger partial charge in [0.15, 0.2) is 0 Å². The van der Waals surface area contributed by atoms with Gasteiger partial charge in [0.1, 0.15) is 4.99 Å². The number of hydrogen-bond acceptors (Lipinski definition) is 3. The Hall–Kier alpha value is -1.07. The lowest BCUT2D eigenvalue weighted by Crippen LogP contribution is -2.35. The van der Waals surface area contributed by atoms with Gasteiger partial charge in [0.25, 0.3) is 0 Å². The molecule has 1 amide bonds. The van der Waals surface area contributed by atoms with Crippen LogP contribution in [0.2, 0.25) is 0 Å². The standard InChI is InChI=1S/C13H16N2OS2/c1-13(7-4-8-18-13)12(16)15-10-6-3-2-5-9(10)11(14)17/h2-3,5-6H,4,7-8H2,1H3,(H2,14,17)(H,15,16). The molecule has 0 aliphatic carbocycles. The summed E-state index contributed by atoms with van der Waals surface area (Å²) in [4.78, 5) is 12.6. The van der Waals surface area contributed by atoms with E-state index in [0.29, 0.717) is 16.2 Å². The van der Waals surface area contributed by atoms with E-state index < -0.39 is 0 Å². The van der Waals surface area contributed by atoms with E-state index in [1.165, 1.54) is 0 Å². The maximum atomic E-state index is 12.3. The summed E-state index contributed by atoms with van der Waals surface area (Å²) >= 11 is 6.70. The van der Waals surface area contributed by atoms with Crippen molar-refractivity contribution in [1.82, 2.24) is 0 Å². The molecule has 1 fully saturated rings. The normalized spacial score (nSPS) is 22.7. The Morgan fingerprint density at radius 1 is 1.50 bits per heavy atom. The molecule has 96 valence electrons. The van der Waals surface area contributed by atoms with Gasteiger partial charge in [0, 0.05) is 5.56 Å². The third kappa shape index (κ3) is 2.67. The number of hydrogen-bond donors (Lipinski definition) is 2. The summed E-state index contributed by atoms with van der Waals surface area (Å²) in [7, 11) is 0. The van der Waals surface area contributed by atoms with Crippen LogP contribution < -0.4 is 11.1 Å². The highest BCUT2D eigenvalue weighted by Crippen LogP contribution is 2.38. The van der Waals surface area contributed by atoms with E-state index >= 15 is 0 Å². The minimum Gasteiger partial charge on any atom is -0.389 e. The number of benzene rings is 1. The summed E-state index contributed by atoms with van der Waals surface area (Å²) in [5.41, 5.74) is 7.06. The fourth-order valence-electron chi connectivity index (χ4n) is 2.02. The lowest BCUT2D eigenvalue weighted by molar-refractivity contribution is -0.118. The van der Waals surface area contributed by atoms with Crippen molar-refractivity contribution in [3.8, 4) is 0 Å². The molecule has 0 radical (unpaired) electrons. The molecule has 5 heteroatoms. The fourth-order valence-corrected chi connectivity index (χ4v) is 3.41. The van der Waals surface area contributed by atoms with Gasteiger partial charge in [-0.2, -0.15) is 0 Å². The van der Waals surface area contributed by atoms with Crippen LogP contribution in [-0.2, 0) is 4.79 Å². The van der Waals surface area contributed by atoms with Crippen LogP contribution in [-0.4, -0.2) is 21.4 Å². The van der Waals surface area contributed by atoms with Crippen molar-refractivity contribution < 1.29 is 4.79 Å².